The molecule has 4 aromatic rings. The van der Waals surface area contributed by atoms with Crippen LogP contribution in [0.25, 0.3) is 0 Å². The number of amides is 2. The molecular weight excluding hydrogens is 560 g/mol. The number of methoxy groups -OCH3 is 2. The Labute approximate surface area is 246 Å². The number of nitrogens with one attached hydrogen (secondary N) is 1. The summed E-state index contributed by atoms with van der Waals surface area (Å²) in [6.07, 6.45) is 0.661. The predicted octanol–water partition coefficient (Wildman–Crippen LogP) is 4.60. The summed E-state index contributed by atoms with van der Waals surface area (Å²) in [7, 11) is 4.87. The third-order valence-electron chi connectivity index (χ3n) is 6.74. The number of nitrogens with zero attached hydrogens (tertiary/aromatic N) is 5. The zero-order chi connectivity index (χ0) is 28.9. The van der Waals surface area contributed by atoms with Gasteiger partial charge in [-0.25, -0.2) is 5.01 Å². The fourth-order valence-corrected chi connectivity index (χ4v) is 5.94. The minimum Gasteiger partial charge on any atom is -0.493 e. The quantitative estimate of drug-likeness (QED) is 0.269. The van der Waals surface area contributed by atoms with Crippen LogP contribution in [-0.2, 0) is 18.4 Å². The van der Waals surface area contributed by atoms with Gasteiger partial charge >= 0.3 is 0 Å². The molecule has 0 fully saturated rings. The third kappa shape index (κ3) is 6.28. The van der Waals surface area contributed by atoms with Gasteiger partial charge in [0.1, 0.15) is 0 Å². The van der Waals surface area contributed by atoms with Crippen LogP contribution < -0.4 is 14.8 Å². The lowest BCUT2D eigenvalue weighted by Gasteiger charge is -2.22. The van der Waals surface area contributed by atoms with Crippen molar-refractivity contribution in [2.24, 2.45) is 12.1 Å². The molecule has 0 saturated carbocycles. The average Bonchev–Trinajstić information content (AvgIpc) is 3.75. The van der Waals surface area contributed by atoms with E-state index in [0.29, 0.717) is 34.5 Å². The zero-order valence-corrected chi connectivity index (χ0v) is 24.8. The molecule has 2 aromatic heterocycles. The van der Waals surface area contributed by atoms with E-state index in [1.165, 1.54) is 26.0 Å². The highest BCUT2D eigenvalue weighted by molar-refractivity contribution is 7.99. The summed E-state index contributed by atoms with van der Waals surface area (Å²) < 4.78 is 12.3. The summed E-state index contributed by atoms with van der Waals surface area (Å²) in [5, 5.41) is 20.2. The van der Waals surface area contributed by atoms with Gasteiger partial charge in [0.2, 0.25) is 0 Å². The van der Waals surface area contributed by atoms with Gasteiger partial charge in [-0.2, -0.15) is 5.10 Å². The number of carbonyl (C=O) groups is 2. The number of hydrogen-bond donors (Lipinski definition) is 1. The standard InChI is InChI=1S/C29H30N6O4S2/c1-18-7-9-19(10-8-18)22-15-21(25-6-5-13-40-25)33-35(22)27(36)17-41-29-32-31-26(34(29)2)16-30-28(37)20-11-12-23(38-3)24(14-20)39-4/h5-14,22H,15-17H2,1-4H3,(H,30,37). The Kier molecular flexibility index (Phi) is 8.70. The topological polar surface area (TPSA) is 111 Å². The third-order valence-corrected chi connectivity index (χ3v) is 8.66. The van der Waals surface area contributed by atoms with Crippen molar-refractivity contribution in [2.45, 2.75) is 31.1 Å². The summed E-state index contributed by atoms with van der Waals surface area (Å²) in [6, 6.07) is 17.1. The molecule has 1 N–H and O–H groups in total. The molecule has 3 heterocycles. The van der Waals surface area contributed by atoms with Crippen LogP contribution in [0.15, 0.2) is 70.2 Å². The maximum atomic E-state index is 13.4. The van der Waals surface area contributed by atoms with E-state index < -0.39 is 0 Å². The predicted molar refractivity (Wildman–Crippen MR) is 159 cm³/mol. The number of benzene rings is 2. The lowest BCUT2D eigenvalue weighted by molar-refractivity contribution is -0.130. The summed E-state index contributed by atoms with van der Waals surface area (Å²) in [6.45, 7) is 2.21. The number of hydrogen-bond acceptors (Lipinski definition) is 9. The second kappa shape index (κ2) is 12.6. The summed E-state index contributed by atoms with van der Waals surface area (Å²) in [5.41, 5.74) is 3.56. The summed E-state index contributed by atoms with van der Waals surface area (Å²) in [4.78, 5) is 27.2. The van der Waals surface area contributed by atoms with Crippen molar-refractivity contribution in [2.75, 3.05) is 20.0 Å². The Morgan fingerprint density at radius 3 is 2.56 bits per heavy atom. The molecule has 0 radical (unpaired) electrons. The summed E-state index contributed by atoms with van der Waals surface area (Å²) >= 11 is 2.91. The van der Waals surface area contributed by atoms with E-state index in [1.54, 1.807) is 39.1 Å². The van der Waals surface area contributed by atoms with Gasteiger partial charge < -0.3 is 19.4 Å². The van der Waals surface area contributed by atoms with E-state index in [0.717, 1.165) is 21.7 Å². The molecule has 0 spiro atoms. The van der Waals surface area contributed by atoms with Crippen LogP contribution in [0.5, 0.6) is 11.5 Å². The zero-order valence-electron chi connectivity index (χ0n) is 23.2. The van der Waals surface area contributed by atoms with Gasteiger partial charge in [-0.3, -0.25) is 9.59 Å². The highest BCUT2D eigenvalue weighted by Gasteiger charge is 2.33. The number of carbonyl (C=O) groups excluding carboxylic acids is 2. The molecule has 1 aliphatic heterocycles. The molecular formula is C29H30N6O4S2. The van der Waals surface area contributed by atoms with Crippen molar-refractivity contribution in [3.63, 3.8) is 0 Å². The Hall–Kier alpha value is -4.16. The Morgan fingerprint density at radius 2 is 1.85 bits per heavy atom. The molecule has 2 aromatic carbocycles. The normalized spacial score (nSPS) is 14.6. The number of thioether (sulfide) groups is 1. The molecule has 2 amide bonds. The molecule has 1 unspecified atom stereocenters. The molecule has 0 saturated heterocycles. The first-order chi connectivity index (χ1) is 19.9. The van der Waals surface area contributed by atoms with Crippen LogP contribution in [0, 0.1) is 6.92 Å². The van der Waals surface area contributed by atoms with Crippen molar-refractivity contribution in [1.82, 2.24) is 25.1 Å². The van der Waals surface area contributed by atoms with E-state index in [9.17, 15) is 9.59 Å². The number of aryl methyl sites for hydroxylation is 1. The molecule has 41 heavy (non-hydrogen) atoms. The molecule has 10 nitrogen and oxygen atoms in total. The maximum Gasteiger partial charge on any atom is 0.253 e. The highest BCUT2D eigenvalue weighted by atomic mass is 32.2. The maximum absolute atomic E-state index is 13.4. The van der Waals surface area contributed by atoms with Gasteiger partial charge in [0, 0.05) is 19.0 Å². The number of aromatic nitrogens is 3. The Morgan fingerprint density at radius 1 is 1.07 bits per heavy atom. The van der Waals surface area contributed by atoms with Crippen molar-refractivity contribution >= 4 is 40.6 Å². The smallest absolute Gasteiger partial charge is 0.253 e. The molecule has 212 valence electrons. The van der Waals surface area contributed by atoms with Gasteiger partial charge in [-0.15, -0.1) is 21.5 Å². The fourth-order valence-electron chi connectivity index (χ4n) is 4.44. The van der Waals surface area contributed by atoms with Crippen LogP contribution in [0.4, 0.5) is 0 Å². The first kappa shape index (κ1) is 28.4. The number of hydrazone groups is 1. The average molecular weight is 591 g/mol. The molecule has 0 bridgehead atoms. The number of rotatable bonds is 10. The molecule has 5 rings (SSSR count). The second-order valence-corrected chi connectivity index (χ2v) is 11.3. The van der Waals surface area contributed by atoms with Crippen LogP contribution in [0.2, 0.25) is 0 Å². The number of ether oxygens (including phenoxy) is 2. The van der Waals surface area contributed by atoms with E-state index >= 15 is 0 Å². The van der Waals surface area contributed by atoms with E-state index in [4.69, 9.17) is 14.6 Å². The van der Waals surface area contributed by atoms with Crippen molar-refractivity contribution in [1.29, 1.82) is 0 Å². The van der Waals surface area contributed by atoms with Gasteiger partial charge in [0.05, 0.1) is 43.1 Å². The van der Waals surface area contributed by atoms with Crippen LogP contribution >= 0.6 is 23.1 Å². The molecule has 12 heteroatoms. The van der Waals surface area contributed by atoms with Gasteiger partial charge in [-0.05, 0) is 42.1 Å². The first-order valence-electron chi connectivity index (χ1n) is 12.9. The SMILES string of the molecule is COc1ccc(C(=O)NCc2nnc(SCC(=O)N3N=C(c4cccs4)CC3c3ccc(C)cc3)n2C)cc1OC. The first-order valence-corrected chi connectivity index (χ1v) is 14.8. The van der Waals surface area contributed by atoms with Crippen molar-refractivity contribution in [3.8, 4) is 11.5 Å². The number of thiophene rings is 1. The van der Waals surface area contributed by atoms with Crippen LogP contribution in [0.1, 0.15) is 44.6 Å². The fraction of sp³-hybridized carbons (Fsp3) is 0.276. The molecule has 0 aliphatic carbocycles. The lowest BCUT2D eigenvalue weighted by Crippen LogP contribution is -2.28. The van der Waals surface area contributed by atoms with Crippen LogP contribution in [-0.4, -0.2) is 57.3 Å². The van der Waals surface area contributed by atoms with Gasteiger partial charge in [0.15, 0.2) is 22.5 Å². The Bertz CT molecular complexity index is 1570. The Balaban J connectivity index is 1.23. The van der Waals surface area contributed by atoms with Gasteiger partial charge in [0.25, 0.3) is 11.8 Å². The van der Waals surface area contributed by atoms with Crippen molar-refractivity contribution in [3.05, 3.63) is 87.4 Å². The van der Waals surface area contributed by atoms with E-state index in [1.807, 2.05) is 31.5 Å². The summed E-state index contributed by atoms with van der Waals surface area (Å²) in [5.74, 6) is 1.32. The van der Waals surface area contributed by atoms with Gasteiger partial charge in [-0.1, -0.05) is 47.7 Å². The monoisotopic (exact) mass is 590 g/mol. The second-order valence-electron chi connectivity index (χ2n) is 9.39. The van der Waals surface area contributed by atoms with Crippen LogP contribution in [0.3, 0.4) is 0 Å². The van der Waals surface area contributed by atoms with E-state index in [-0.39, 0.29) is 30.2 Å². The minimum atomic E-state index is -0.283. The van der Waals surface area contributed by atoms with Crippen molar-refractivity contribution < 1.29 is 19.1 Å². The largest absolute Gasteiger partial charge is 0.493 e. The lowest BCUT2D eigenvalue weighted by atomic mass is 10.00. The highest BCUT2D eigenvalue weighted by Crippen LogP contribution is 2.35. The minimum absolute atomic E-state index is 0.113. The molecule has 1 atom stereocenters. The van der Waals surface area contributed by atoms with E-state index in [2.05, 4.69) is 39.8 Å². The molecule has 1 aliphatic rings.